The number of carbonyl (C=O) groups is 1. The number of fused-ring (bicyclic) bond motifs is 2. The number of anilines is 1. The first-order chi connectivity index (χ1) is 10.6. The first-order valence-corrected chi connectivity index (χ1v) is 6.69. The van der Waals surface area contributed by atoms with Gasteiger partial charge in [-0.3, -0.25) is 9.69 Å². The Bertz CT molecular complexity index is 913. The molecule has 4 rings (SSSR count). The van der Waals surface area contributed by atoms with Crippen LogP contribution in [0.1, 0.15) is 22.1 Å². The smallest absolute Gasteiger partial charge is 0.262 e. The fraction of sp³-hybridized carbons (Fsp3) is 0.0625. The molecular formula is C16H10FN3O2. The van der Waals surface area contributed by atoms with Crippen molar-refractivity contribution in [1.29, 1.82) is 0 Å². The van der Waals surface area contributed by atoms with Crippen molar-refractivity contribution >= 4 is 22.8 Å². The van der Waals surface area contributed by atoms with Crippen molar-refractivity contribution in [3.63, 3.8) is 0 Å². The van der Waals surface area contributed by atoms with Gasteiger partial charge in [0.05, 0.1) is 0 Å². The Balaban J connectivity index is 1.84. The van der Waals surface area contributed by atoms with Crippen LogP contribution < -0.4 is 4.90 Å². The predicted octanol–water partition coefficient (Wildman–Crippen LogP) is 2.42. The molecule has 5 nitrogen and oxygen atoms in total. The molecule has 0 aliphatic carbocycles. The average molecular weight is 295 g/mol. The Kier molecular flexibility index (Phi) is 2.67. The molecule has 0 saturated heterocycles. The Hall–Kier alpha value is -2.86. The molecule has 2 aromatic heterocycles. The lowest BCUT2D eigenvalue weighted by atomic mass is 10.1. The second-order valence-corrected chi connectivity index (χ2v) is 4.99. The van der Waals surface area contributed by atoms with Crippen LogP contribution in [-0.4, -0.2) is 21.0 Å². The van der Waals surface area contributed by atoms with Gasteiger partial charge < -0.3 is 5.11 Å². The highest BCUT2D eigenvalue weighted by Crippen LogP contribution is 2.35. The quantitative estimate of drug-likeness (QED) is 0.700. The maximum absolute atomic E-state index is 13.2. The van der Waals surface area contributed by atoms with Gasteiger partial charge in [0.2, 0.25) is 5.95 Å². The molecule has 0 spiro atoms. The molecule has 1 aromatic carbocycles. The lowest BCUT2D eigenvalue weighted by Crippen LogP contribution is -2.28. The first kappa shape index (κ1) is 12.8. The van der Waals surface area contributed by atoms with Crippen LogP contribution in [0.25, 0.3) is 11.0 Å². The number of rotatable bonds is 1. The van der Waals surface area contributed by atoms with Crippen molar-refractivity contribution < 1.29 is 14.3 Å². The Morgan fingerprint density at radius 3 is 2.64 bits per heavy atom. The maximum atomic E-state index is 13.2. The molecule has 0 bridgehead atoms. The van der Waals surface area contributed by atoms with E-state index >= 15 is 0 Å². The molecule has 1 unspecified atom stereocenters. The zero-order valence-electron chi connectivity index (χ0n) is 11.3. The summed E-state index contributed by atoms with van der Waals surface area (Å²) >= 11 is 0. The van der Waals surface area contributed by atoms with E-state index < -0.39 is 12.2 Å². The second kappa shape index (κ2) is 4.57. The predicted molar refractivity (Wildman–Crippen MR) is 77.7 cm³/mol. The van der Waals surface area contributed by atoms with Crippen LogP contribution in [0.4, 0.5) is 10.2 Å². The minimum atomic E-state index is -1.11. The van der Waals surface area contributed by atoms with Crippen molar-refractivity contribution in [1.82, 2.24) is 9.97 Å². The molecule has 1 N–H and O–H groups in total. The Labute approximate surface area is 124 Å². The molecule has 0 saturated carbocycles. The molecule has 3 heterocycles. The van der Waals surface area contributed by atoms with E-state index in [1.165, 1.54) is 11.0 Å². The fourth-order valence-electron chi connectivity index (χ4n) is 2.63. The van der Waals surface area contributed by atoms with Crippen molar-refractivity contribution in [3.8, 4) is 0 Å². The Morgan fingerprint density at radius 1 is 1.05 bits per heavy atom. The van der Waals surface area contributed by atoms with E-state index in [1.54, 1.807) is 42.5 Å². The van der Waals surface area contributed by atoms with E-state index in [-0.39, 0.29) is 17.4 Å². The molecule has 3 aromatic rings. The minimum Gasteiger partial charge on any atom is -0.369 e. The van der Waals surface area contributed by atoms with Crippen molar-refractivity contribution in [3.05, 3.63) is 65.6 Å². The van der Waals surface area contributed by atoms with Crippen LogP contribution in [0, 0.1) is 5.95 Å². The van der Waals surface area contributed by atoms with Crippen LogP contribution in [0.15, 0.2) is 48.5 Å². The highest BCUT2D eigenvalue weighted by Gasteiger charge is 2.37. The van der Waals surface area contributed by atoms with Crippen molar-refractivity contribution in [2.45, 2.75) is 6.23 Å². The van der Waals surface area contributed by atoms with E-state index in [9.17, 15) is 14.3 Å². The number of pyridine rings is 2. The number of nitrogens with zero attached hydrogens (tertiary/aromatic N) is 3. The van der Waals surface area contributed by atoms with Gasteiger partial charge in [0.25, 0.3) is 5.91 Å². The number of benzene rings is 1. The van der Waals surface area contributed by atoms with Gasteiger partial charge in [-0.2, -0.15) is 9.37 Å². The maximum Gasteiger partial charge on any atom is 0.262 e. The number of aliphatic hydroxyl groups excluding tert-OH is 1. The molecular weight excluding hydrogens is 285 g/mol. The molecule has 0 radical (unpaired) electrons. The van der Waals surface area contributed by atoms with Gasteiger partial charge in [0, 0.05) is 16.5 Å². The van der Waals surface area contributed by atoms with Crippen molar-refractivity contribution in [2.24, 2.45) is 0 Å². The molecule has 1 aliphatic heterocycles. The number of carbonyl (C=O) groups excluding carboxylic acids is 1. The number of halogens is 1. The van der Waals surface area contributed by atoms with Gasteiger partial charge in [0.15, 0.2) is 11.9 Å². The van der Waals surface area contributed by atoms with Crippen LogP contribution in [0.5, 0.6) is 0 Å². The van der Waals surface area contributed by atoms with Gasteiger partial charge in [-0.1, -0.05) is 18.2 Å². The lowest BCUT2D eigenvalue weighted by molar-refractivity contribution is 0.0933. The van der Waals surface area contributed by atoms with Crippen molar-refractivity contribution in [2.75, 3.05) is 4.90 Å². The third-order valence-corrected chi connectivity index (χ3v) is 3.68. The number of amides is 1. The summed E-state index contributed by atoms with van der Waals surface area (Å²) in [5, 5.41) is 11.0. The zero-order chi connectivity index (χ0) is 15.3. The topological polar surface area (TPSA) is 66.3 Å². The van der Waals surface area contributed by atoms with Crippen LogP contribution >= 0.6 is 0 Å². The molecule has 1 atom stereocenters. The number of aromatic nitrogens is 2. The van der Waals surface area contributed by atoms with E-state index in [0.717, 1.165) is 0 Å². The third-order valence-electron chi connectivity index (χ3n) is 3.68. The van der Waals surface area contributed by atoms with Gasteiger partial charge in [0.1, 0.15) is 5.82 Å². The number of hydrogen-bond donors (Lipinski definition) is 1. The molecule has 108 valence electrons. The zero-order valence-corrected chi connectivity index (χ0v) is 11.3. The lowest BCUT2D eigenvalue weighted by Gasteiger charge is -2.19. The second-order valence-electron chi connectivity index (χ2n) is 4.99. The summed E-state index contributed by atoms with van der Waals surface area (Å²) in [6, 6.07) is 12.9. The van der Waals surface area contributed by atoms with E-state index in [4.69, 9.17) is 0 Å². The summed E-state index contributed by atoms with van der Waals surface area (Å²) < 4.78 is 13.2. The van der Waals surface area contributed by atoms with Crippen LogP contribution in [0.3, 0.4) is 0 Å². The summed E-state index contributed by atoms with van der Waals surface area (Å²) in [4.78, 5) is 21.5. The molecule has 1 aliphatic rings. The summed E-state index contributed by atoms with van der Waals surface area (Å²) in [6.07, 6.45) is -1.11. The van der Waals surface area contributed by atoms with Gasteiger partial charge >= 0.3 is 0 Å². The summed E-state index contributed by atoms with van der Waals surface area (Å²) in [5.41, 5.74) is 1.15. The number of aliphatic hydroxyl groups is 1. The summed E-state index contributed by atoms with van der Waals surface area (Å²) in [6.45, 7) is 0. The van der Waals surface area contributed by atoms with Gasteiger partial charge in [-0.05, 0) is 30.3 Å². The SMILES string of the molecule is O=C1c2ccccc2C(O)N1c1ccc2ccc(F)nc2n1. The largest absolute Gasteiger partial charge is 0.369 e. The van der Waals surface area contributed by atoms with E-state index in [1.807, 2.05) is 0 Å². The minimum absolute atomic E-state index is 0.188. The molecule has 6 heteroatoms. The monoisotopic (exact) mass is 295 g/mol. The first-order valence-electron chi connectivity index (χ1n) is 6.69. The average Bonchev–Trinajstić information content (AvgIpc) is 2.79. The van der Waals surface area contributed by atoms with E-state index in [0.29, 0.717) is 16.5 Å². The van der Waals surface area contributed by atoms with Gasteiger partial charge in [-0.15, -0.1) is 0 Å². The molecule has 0 fully saturated rings. The Morgan fingerprint density at radius 2 is 1.82 bits per heavy atom. The third kappa shape index (κ3) is 1.78. The molecule has 1 amide bonds. The van der Waals surface area contributed by atoms with E-state index in [2.05, 4.69) is 9.97 Å². The van der Waals surface area contributed by atoms with Crippen LogP contribution in [-0.2, 0) is 0 Å². The normalized spacial score (nSPS) is 17.1. The van der Waals surface area contributed by atoms with Gasteiger partial charge in [-0.25, -0.2) is 4.98 Å². The summed E-state index contributed by atoms with van der Waals surface area (Å²) in [5.74, 6) is -0.751. The number of hydrogen-bond acceptors (Lipinski definition) is 4. The highest BCUT2D eigenvalue weighted by molar-refractivity contribution is 6.10. The highest BCUT2D eigenvalue weighted by atomic mass is 19.1. The van der Waals surface area contributed by atoms with Crippen LogP contribution in [0.2, 0.25) is 0 Å². The standard InChI is InChI=1S/C16H10FN3O2/c17-12-7-5-9-6-8-13(19-14(9)18-12)20-15(21)10-3-1-2-4-11(10)16(20)22/h1-8,15,21H. The molecule has 22 heavy (non-hydrogen) atoms. The summed E-state index contributed by atoms with van der Waals surface area (Å²) in [7, 11) is 0. The fourth-order valence-corrected chi connectivity index (χ4v) is 2.63.